The second-order valence-electron chi connectivity index (χ2n) is 5.28. The van der Waals surface area contributed by atoms with E-state index in [0.29, 0.717) is 31.3 Å². The summed E-state index contributed by atoms with van der Waals surface area (Å²) in [4.78, 5) is 24.8. The van der Waals surface area contributed by atoms with Crippen LogP contribution in [0.25, 0.3) is 0 Å². The van der Waals surface area contributed by atoms with Crippen LogP contribution in [-0.2, 0) is 4.79 Å². The Kier molecular flexibility index (Phi) is 4.01. The SMILES string of the molecule is CCC(C)(NC(=O)N1CC(C)C(C)C1)C(=O)O. The number of likely N-dealkylation sites (tertiary alicyclic amines) is 1. The van der Waals surface area contributed by atoms with E-state index in [1.54, 1.807) is 11.8 Å². The number of rotatable bonds is 3. The molecule has 0 saturated carbocycles. The standard InChI is InChI=1S/C12H22N2O3/c1-5-12(4,10(15)16)13-11(17)14-6-8(2)9(3)7-14/h8-9H,5-7H2,1-4H3,(H,13,17)(H,15,16). The number of urea groups is 1. The summed E-state index contributed by atoms with van der Waals surface area (Å²) in [5.41, 5.74) is -1.17. The van der Waals surface area contributed by atoms with Gasteiger partial charge in [-0.3, -0.25) is 0 Å². The molecule has 0 bridgehead atoms. The van der Waals surface area contributed by atoms with Crippen LogP contribution >= 0.6 is 0 Å². The van der Waals surface area contributed by atoms with Crippen molar-refractivity contribution in [1.29, 1.82) is 0 Å². The average molecular weight is 242 g/mol. The molecule has 5 heteroatoms. The summed E-state index contributed by atoms with van der Waals surface area (Å²) in [7, 11) is 0. The fourth-order valence-electron chi connectivity index (χ4n) is 1.90. The van der Waals surface area contributed by atoms with Gasteiger partial charge in [0.15, 0.2) is 0 Å². The van der Waals surface area contributed by atoms with Crippen LogP contribution in [0.2, 0.25) is 0 Å². The molecule has 0 spiro atoms. The van der Waals surface area contributed by atoms with E-state index in [2.05, 4.69) is 19.2 Å². The van der Waals surface area contributed by atoms with Gasteiger partial charge in [-0.15, -0.1) is 0 Å². The van der Waals surface area contributed by atoms with Crippen molar-refractivity contribution in [2.45, 2.75) is 39.7 Å². The van der Waals surface area contributed by atoms with E-state index >= 15 is 0 Å². The van der Waals surface area contributed by atoms with E-state index in [-0.39, 0.29) is 6.03 Å². The van der Waals surface area contributed by atoms with Crippen molar-refractivity contribution in [3.63, 3.8) is 0 Å². The zero-order valence-corrected chi connectivity index (χ0v) is 11.0. The molecule has 3 atom stereocenters. The minimum absolute atomic E-state index is 0.270. The van der Waals surface area contributed by atoms with Gasteiger partial charge in [0.2, 0.25) is 0 Å². The first-order chi connectivity index (χ1) is 7.80. The van der Waals surface area contributed by atoms with Gasteiger partial charge in [0, 0.05) is 13.1 Å². The number of hydrogen-bond donors (Lipinski definition) is 2. The normalized spacial score (nSPS) is 27.6. The van der Waals surface area contributed by atoms with Crippen LogP contribution in [0.4, 0.5) is 4.79 Å². The molecule has 1 saturated heterocycles. The van der Waals surface area contributed by atoms with Crippen LogP contribution in [0.5, 0.6) is 0 Å². The van der Waals surface area contributed by atoms with E-state index in [1.807, 2.05) is 0 Å². The van der Waals surface area contributed by atoms with Crippen molar-refractivity contribution in [2.75, 3.05) is 13.1 Å². The highest BCUT2D eigenvalue weighted by atomic mass is 16.4. The number of carboxylic acid groups (broad SMARTS) is 1. The topological polar surface area (TPSA) is 69.6 Å². The highest BCUT2D eigenvalue weighted by Crippen LogP contribution is 2.22. The zero-order chi connectivity index (χ0) is 13.2. The first-order valence-electron chi connectivity index (χ1n) is 6.10. The smallest absolute Gasteiger partial charge is 0.329 e. The van der Waals surface area contributed by atoms with E-state index in [4.69, 9.17) is 5.11 Å². The third kappa shape index (κ3) is 2.90. The summed E-state index contributed by atoms with van der Waals surface area (Å²) in [6.07, 6.45) is 0.368. The van der Waals surface area contributed by atoms with Crippen LogP contribution in [0.1, 0.15) is 34.1 Å². The molecule has 0 aromatic carbocycles. The molecule has 1 heterocycles. The predicted octanol–water partition coefficient (Wildman–Crippen LogP) is 1.54. The Hall–Kier alpha value is -1.26. The van der Waals surface area contributed by atoms with Gasteiger partial charge in [0.25, 0.3) is 0 Å². The van der Waals surface area contributed by atoms with E-state index in [0.717, 1.165) is 0 Å². The molecule has 1 rings (SSSR count). The van der Waals surface area contributed by atoms with Crippen molar-refractivity contribution >= 4 is 12.0 Å². The minimum atomic E-state index is -1.17. The maximum Gasteiger partial charge on any atom is 0.329 e. The summed E-state index contributed by atoms with van der Waals surface area (Å²) in [5, 5.41) is 11.7. The molecule has 0 aliphatic carbocycles. The van der Waals surface area contributed by atoms with Gasteiger partial charge in [-0.25, -0.2) is 9.59 Å². The summed E-state index contributed by atoms with van der Waals surface area (Å²) < 4.78 is 0. The van der Waals surface area contributed by atoms with Crippen molar-refractivity contribution in [3.05, 3.63) is 0 Å². The average Bonchev–Trinajstić information content (AvgIpc) is 2.59. The molecule has 2 N–H and O–H groups in total. The van der Waals surface area contributed by atoms with Gasteiger partial charge >= 0.3 is 12.0 Å². The van der Waals surface area contributed by atoms with Crippen LogP contribution < -0.4 is 5.32 Å². The third-order valence-electron chi connectivity index (χ3n) is 3.84. The molecule has 1 aliphatic heterocycles. The third-order valence-corrected chi connectivity index (χ3v) is 3.84. The molecule has 1 fully saturated rings. The number of nitrogens with one attached hydrogen (secondary N) is 1. The second kappa shape index (κ2) is 4.94. The Balaban J connectivity index is 2.64. The van der Waals surface area contributed by atoms with E-state index in [9.17, 15) is 9.59 Å². The number of carboxylic acids is 1. The lowest BCUT2D eigenvalue weighted by Gasteiger charge is -2.28. The number of carbonyl (C=O) groups excluding carboxylic acids is 1. The van der Waals surface area contributed by atoms with Crippen LogP contribution in [0.3, 0.4) is 0 Å². The number of amides is 2. The lowest BCUT2D eigenvalue weighted by molar-refractivity contribution is -0.143. The Labute approximate surface area is 102 Å². The second-order valence-corrected chi connectivity index (χ2v) is 5.28. The maximum atomic E-state index is 12.0. The summed E-state index contributed by atoms with van der Waals surface area (Å²) in [5.74, 6) is -0.0504. The number of aliphatic carboxylic acids is 1. The molecule has 0 radical (unpaired) electrons. The van der Waals surface area contributed by atoms with Gasteiger partial charge in [0.1, 0.15) is 5.54 Å². The van der Waals surface area contributed by atoms with Crippen LogP contribution in [-0.4, -0.2) is 40.6 Å². The number of carbonyl (C=O) groups is 2. The highest BCUT2D eigenvalue weighted by molar-refractivity contribution is 5.85. The fourth-order valence-corrected chi connectivity index (χ4v) is 1.90. The van der Waals surface area contributed by atoms with Crippen molar-refractivity contribution in [3.8, 4) is 0 Å². The number of nitrogens with zero attached hydrogens (tertiary/aromatic N) is 1. The van der Waals surface area contributed by atoms with Crippen molar-refractivity contribution in [1.82, 2.24) is 10.2 Å². The predicted molar refractivity (Wildman–Crippen MR) is 64.8 cm³/mol. The molecule has 1 aliphatic rings. The molecule has 17 heavy (non-hydrogen) atoms. The lowest BCUT2D eigenvalue weighted by Crippen LogP contribution is -2.55. The summed E-state index contributed by atoms with van der Waals surface area (Å²) in [6, 6.07) is -0.270. The molecule has 0 aromatic heterocycles. The molecule has 0 aromatic rings. The molecule has 3 unspecified atom stereocenters. The number of hydrogen-bond acceptors (Lipinski definition) is 2. The monoisotopic (exact) mass is 242 g/mol. The Morgan fingerprint density at radius 3 is 2.18 bits per heavy atom. The largest absolute Gasteiger partial charge is 0.480 e. The fraction of sp³-hybridized carbons (Fsp3) is 0.833. The van der Waals surface area contributed by atoms with Crippen molar-refractivity contribution < 1.29 is 14.7 Å². The van der Waals surface area contributed by atoms with Gasteiger partial charge in [-0.2, -0.15) is 0 Å². The molecular formula is C12H22N2O3. The maximum absolute atomic E-state index is 12.0. The summed E-state index contributed by atoms with van der Waals surface area (Å²) >= 11 is 0. The summed E-state index contributed by atoms with van der Waals surface area (Å²) in [6.45, 7) is 8.90. The van der Waals surface area contributed by atoms with Crippen molar-refractivity contribution in [2.24, 2.45) is 11.8 Å². The Morgan fingerprint density at radius 2 is 1.82 bits per heavy atom. The van der Waals surface area contributed by atoms with Gasteiger partial charge in [0.05, 0.1) is 0 Å². The van der Waals surface area contributed by atoms with Crippen LogP contribution in [0, 0.1) is 11.8 Å². The van der Waals surface area contributed by atoms with Crippen LogP contribution in [0.15, 0.2) is 0 Å². The first-order valence-corrected chi connectivity index (χ1v) is 6.10. The van der Waals surface area contributed by atoms with Gasteiger partial charge in [-0.05, 0) is 25.2 Å². The van der Waals surface area contributed by atoms with E-state index in [1.165, 1.54) is 6.92 Å². The van der Waals surface area contributed by atoms with E-state index < -0.39 is 11.5 Å². The molecule has 98 valence electrons. The minimum Gasteiger partial charge on any atom is -0.480 e. The Morgan fingerprint density at radius 1 is 1.35 bits per heavy atom. The van der Waals surface area contributed by atoms with Gasteiger partial charge in [-0.1, -0.05) is 20.8 Å². The molecule has 5 nitrogen and oxygen atoms in total. The molecule has 2 amide bonds. The molecular weight excluding hydrogens is 220 g/mol. The lowest BCUT2D eigenvalue weighted by atomic mass is 10.00. The van der Waals surface area contributed by atoms with Gasteiger partial charge < -0.3 is 15.3 Å². The Bertz CT molecular complexity index is 309. The zero-order valence-electron chi connectivity index (χ0n) is 11.0. The highest BCUT2D eigenvalue weighted by Gasteiger charge is 2.36. The quantitative estimate of drug-likeness (QED) is 0.788. The first kappa shape index (κ1) is 13.8.